The molecule has 96 valence electrons. The number of piperazine rings is 1. The lowest BCUT2D eigenvalue weighted by molar-refractivity contribution is 0.209. The second-order valence-electron chi connectivity index (χ2n) is 4.87. The number of nitrogen functional groups attached to an aromatic ring is 1. The van der Waals surface area contributed by atoms with Gasteiger partial charge in [-0.2, -0.15) is 5.26 Å². The largest absolute Gasteiger partial charge is 0.396 e. The summed E-state index contributed by atoms with van der Waals surface area (Å²) in [7, 11) is 0. The van der Waals surface area contributed by atoms with Crippen LogP contribution in [0, 0.1) is 11.3 Å². The van der Waals surface area contributed by atoms with Gasteiger partial charge in [0.1, 0.15) is 6.07 Å². The number of hydrogen-bond acceptors (Lipinski definition) is 5. The first kappa shape index (κ1) is 12.7. The first-order chi connectivity index (χ1) is 8.61. The van der Waals surface area contributed by atoms with Gasteiger partial charge in [-0.15, -0.1) is 0 Å². The zero-order chi connectivity index (χ0) is 13.1. The second-order valence-corrected chi connectivity index (χ2v) is 4.87. The molecular formula is C13H19N5. The maximum atomic E-state index is 8.79. The molecule has 0 aromatic carbocycles. The van der Waals surface area contributed by atoms with Crippen molar-refractivity contribution in [3.05, 3.63) is 17.8 Å². The number of aromatic nitrogens is 1. The summed E-state index contributed by atoms with van der Waals surface area (Å²) in [4.78, 5) is 8.93. The summed E-state index contributed by atoms with van der Waals surface area (Å²) in [6.45, 7) is 8.34. The first-order valence-corrected chi connectivity index (χ1v) is 6.26. The van der Waals surface area contributed by atoms with E-state index in [2.05, 4.69) is 34.7 Å². The normalized spacial score (nSPS) is 16.9. The Kier molecular flexibility index (Phi) is 3.68. The molecule has 0 bridgehead atoms. The van der Waals surface area contributed by atoms with Gasteiger partial charge in [0.25, 0.3) is 0 Å². The summed E-state index contributed by atoms with van der Waals surface area (Å²) in [5.74, 6) is 0.803. The van der Waals surface area contributed by atoms with Crippen LogP contribution in [0.3, 0.4) is 0 Å². The molecule has 0 unspecified atom stereocenters. The van der Waals surface area contributed by atoms with Gasteiger partial charge in [-0.05, 0) is 19.9 Å². The molecule has 2 N–H and O–H groups in total. The lowest BCUT2D eigenvalue weighted by Gasteiger charge is -2.37. The highest BCUT2D eigenvalue weighted by Gasteiger charge is 2.21. The molecule has 18 heavy (non-hydrogen) atoms. The van der Waals surface area contributed by atoms with E-state index in [1.54, 1.807) is 12.3 Å². The van der Waals surface area contributed by atoms with Crippen molar-refractivity contribution in [1.29, 1.82) is 5.26 Å². The van der Waals surface area contributed by atoms with Crippen LogP contribution < -0.4 is 10.6 Å². The average molecular weight is 245 g/mol. The van der Waals surface area contributed by atoms with E-state index in [0.717, 1.165) is 32.0 Å². The maximum Gasteiger partial charge on any atom is 0.151 e. The molecule has 2 heterocycles. The molecule has 1 fully saturated rings. The predicted molar refractivity (Wildman–Crippen MR) is 72.3 cm³/mol. The first-order valence-electron chi connectivity index (χ1n) is 6.26. The summed E-state index contributed by atoms with van der Waals surface area (Å²) >= 11 is 0. The number of pyridine rings is 1. The highest BCUT2D eigenvalue weighted by Crippen LogP contribution is 2.22. The van der Waals surface area contributed by atoms with Gasteiger partial charge in [-0.3, -0.25) is 4.90 Å². The fraction of sp³-hybridized carbons (Fsp3) is 0.538. The van der Waals surface area contributed by atoms with E-state index in [0.29, 0.717) is 17.3 Å². The summed E-state index contributed by atoms with van der Waals surface area (Å²) in [6.07, 6.45) is 1.58. The Morgan fingerprint density at radius 1 is 1.33 bits per heavy atom. The molecular weight excluding hydrogens is 226 g/mol. The molecule has 5 heteroatoms. The van der Waals surface area contributed by atoms with Crippen molar-refractivity contribution in [3.8, 4) is 6.07 Å². The number of rotatable bonds is 2. The minimum Gasteiger partial charge on any atom is -0.396 e. The standard InChI is InChI=1S/C13H19N5/c1-10(2)17-3-5-18(6-4-17)13-12(15)7-11(8-14)9-16-13/h7,9-10H,3-6,15H2,1-2H3. The number of anilines is 2. The minimum atomic E-state index is 0.511. The van der Waals surface area contributed by atoms with Gasteiger partial charge in [0.05, 0.1) is 11.3 Å². The van der Waals surface area contributed by atoms with Crippen LogP contribution in [0.4, 0.5) is 11.5 Å². The molecule has 1 saturated heterocycles. The van der Waals surface area contributed by atoms with Crippen molar-refractivity contribution in [1.82, 2.24) is 9.88 Å². The Morgan fingerprint density at radius 3 is 2.50 bits per heavy atom. The van der Waals surface area contributed by atoms with Crippen LogP contribution in [0.25, 0.3) is 0 Å². The molecule has 1 aromatic rings. The lowest BCUT2D eigenvalue weighted by atomic mass is 10.2. The lowest BCUT2D eigenvalue weighted by Crippen LogP contribution is -2.49. The molecule has 0 saturated carbocycles. The van der Waals surface area contributed by atoms with Crippen LogP contribution >= 0.6 is 0 Å². The number of nitrogens with zero attached hydrogens (tertiary/aromatic N) is 4. The van der Waals surface area contributed by atoms with Crippen molar-refractivity contribution in [3.63, 3.8) is 0 Å². The van der Waals surface area contributed by atoms with Gasteiger partial charge in [-0.1, -0.05) is 0 Å². The third-order valence-corrected chi connectivity index (χ3v) is 3.37. The van der Waals surface area contributed by atoms with Crippen LogP contribution in [0.15, 0.2) is 12.3 Å². The van der Waals surface area contributed by atoms with Gasteiger partial charge >= 0.3 is 0 Å². The van der Waals surface area contributed by atoms with E-state index in [9.17, 15) is 0 Å². The third kappa shape index (κ3) is 2.54. The van der Waals surface area contributed by atoms with E-state index < -0.39 is 0 Å². The van der Waals surface area contributed by atoms with Crippen LogP contribution in [0.1, 0.15) is 19.4 Å². The van der Waals surface area contributed by atoms with Crippen LogP contribution in [0.5, 0.6) is 0 Å². The van der Waals surface area contributed by atoms with Gasteiger partial charge < -0.3 is 10.6 Å². The van der Waals surface area contributed by atoms with Crippen molar-refractivity contribution in [2.45, 2.75) is 19.9 Å². The SMILES string of the molecule is CC(C)N1CCN(c2ncc(C#N)cc2N)CC1. The Morgan fingerprint density at radius 2 is 2.00 bits per heavy atom. The quantitative estimate of drug-likeness (QED) is 0.844. The molecule has 0 amide bonds. The van der Waals surface area contributed by atoms with Gasteiger partial charge in [0, 0.05) is 38.4 Å². The average Bonchev–Trinajstić information content (AvgIpc) is 2.38. The zero-order valence-electron chi connectivity index (χ0n) is 10.9. The maximum absolute atomic E-state index is 8.79. The van der Waals surface area contributed by atoms with Crippen molar-refractivity contribution >= 4 is 11.5 Å². The fourth-order valence-corrected chi connectivity index (χ4v) is 2.25. The van der Waals surface area contributed by atoms with E-state index in [4.69, 9.17) is 11.0 Å². The third-order valence-electron chi connectivity index (χ3n) is 3.37. The highest BCUT2D eigenvalue weighted by molar-refractivity contribution is 5.64. The predicted octanol–water partition coefficient (Wildman–Crippen LogP) is 1.07. The molecule has 1 aliphatic heterocycles. The number of nitriles is 1. The molecule has 5 nitrogen and oxygen atoms in total. The molecule has 0 radical (unpaired) electrons. The van der Waals surface area contributed by atoms with Crippen molar-refractivity contribution < 1.29 is 0 Å². The van der Waals surface area contributed by atoms with Crippen molar-refractivity contribution in [2.24, 2.45) is 0 Å². The monoisotopic (exact) mass is 245 g/mol. The highest BCUT2D eigenvalue weighted by atomic mass is 15.3. The Bertz CT molecular complexity index is 455. The van der Waals surface area contributed by atoms with Crippen LogP contribution in [0.2, 0.25) is 0 Å². The molecule has 1 aliphatic rings. The minimum absolute atomic E-state index is 0.511. The number of nitrogens with two attached hydrogens (primary N) is 1. The smallest absolute Gasteiger partial charge is 0.151 e. The molecule has 0 aliphatic carbocycles. The van der Waals surface area contributed by atoms with Gasteiger partial charge in [-0.25, -0.2) is 4.98 Å². The number of hydrogen-bond donors (Lipinski definition) is 1. The summed E-state index contributed by atoms with van der Waals surface area (Å²) in [5.41, 5.74) is 7.05. The van der Waals surface area contributed by atoms with E-state index >= 15 is 0 Å². The molecule has 1 aromatic heterocycles. The molecule has 0 atom stereocenters. The molecule has 2 rings (SSSR count). The summed E-state index contributed by atoms with van der Waals surface area (Å²) in [5, 5.41) is 8.79. The summed E-state index contributed by atoms with van der Waals surface area (Å²) in [6, 6.07) is 4.32. The second kappa shape index (κ2) is 5.23. The van der Waals surface area contributed by atoms with Gasteiger partial charge in [0.2, 0.25) is 0 Å². The van der Waals surface area contributed by atoms with Crippen LogP contribution in [-0.2, 0) is 0 Å². The topological polar surface area (TPSA) is 69.2 Å². The van der Waals surface area contributed by atoms with E-state index in [1.807, 2.05) is 0 Å². The molecule has 0 spiro atoms. The fourth-order valence-electron chi connectivity index (χ4n) is 2.25. The van der Waals surface area contributed by atoms with Gasteiger partial charge in [0.15, 0.2) is 5.82 Å². The van der Waals surface area contributed by atoms with E-state index in [1.165, 1.54) is 0 Å². The van der Waals surface area contributed by atoms with E-state index in [-0.39, 0.29) is 0 Å². The Hall–Kier alpha value is -1.80. The Labute approximate surface area is 108 Å². The zero-order valence-corrected chi connectivity index (χ0v) is 10.9. The Balaban J connectivity index is 2.08. The summed E-state index contributed by atoms with van der Waals surface area (Å²) < 4.78 is 0. The van der Waals surface area contributed by atoms with Crippen molar-refractivity contribution in [2.75, 3.05) is 36.8 Å². The van der Waals surface area contributed by atoms with Crippen LogP contribution in [-0.4, -0.2) is 42.1 Å².